The van der Waals surface area contributed by atoms with Gasteiger partial charge < -0.3 is 14.6 Å². The molecule has 0 aromatic heterocycles. The lowest BCUT2D eigenvalue weighted by molar-refractivity contribution is 0.0199. The van der Waals surface area contributed by atoms with Crippen molar-refractivity contribution in [1.82, 2.24) is 0 Å². The summed E-state index contributed by atoms with van der Waals surface area (Å²) >= 11 is 0. The number of aliphatic hydroxyl groups excluding tert-OH is 1. The highest BCUT2D eigenvalue weighted by molar-refractivity contribution is 4.54. The minimum absolute atomic E-state index is 0.136. The molecule has 0 aliphatic rings. The van der Waals surface area contributed by atoms with Crippen molar-refractivity contribution in [3.8, 4) is 0 Å². The number of aliphatic hydroxyl groups is 1. The molecule has 0 bridgehead atoms. The third-order valence-corrected chi connectivity index (χ3v) is 1.37. The summed E-state index contributed by atoms with van der Waals surface area (Å²) in [5.41, 5.74) is 0. The maximum absolute atomic E-state index is 8.48. The second-order valence-electron chi connectivity index (χ2n) is 2.18. The average molecular weight is 148 g/mol. The van der Waals surface area contributed by atoms with Gasteiger partial charge in [-0.3, -0.25) is 0 Å². The van der Waals surface area contributed by atoms with Crippen LogP contribution in [0.15, 0.2) is 0 Å². The van der Waals surface area contributed by atoms with Gasteiger partial charge in [-0.15, -0.1) is 0 Å². The van der Waals surface area contributed by atoms with E-state index in [0.29, 0.717) is 6.61 Å². The van der Waals surface area contributed by atoms with Crippen LogP contribution in [0, 0.1) is 0 Å². The number of ether oxygens (including phenoxy) is 2. The van der Waals surface area contributed by atoms with Crippen LogP contribution in [0.25, 0.3) is 0 Å². The van der Waals surface area contributed by atoms with E-state index in [1.165, 1.54) is 0 Å². The van der Waals surface area contributed by atoms with E-state index in [4.69, 9.17) is 14.6 Å². The molecule has 62 valence electrons. The molecule has 1 atom stereocenters. The monoisotopic (exact) mass is 148 g/mol. The Balaban J connectivity index is 3.21. The van der Waals surface area contributed by atoms with Crippen LogP contribution in [-0.2, 0) is 9.47 Å². The van der Waals surface area contributed by atoms with Crippen molar-refractivity contribution in [3.63, 3.8) is 0 Å². The summed E-state index contributed by atoms with van der Waals surface area (Å²) in [6, 6.07) is 0. The summed E-state index contributed by atoms with van der Waals surface area (Å²) in [6.45, 7) is 0.833. The Hall–Kier alpha value is -0.120. The molecule has 0 saturated heterocycles. The van der Waals surface area contributed by atoms with Crippen LogP contribution in [0.5, 0.6) is 0 Å². The molecule has 10 heavy (non-hydrogen) atoms. The van der Waals surface area contributed by atoms with Crippen molar-refractivity contribution in [1.29, 1.82) is 0 Å². The molecule has 0 spiro atoms. The Morgan fingerprint density at radius 1 is 1.40 bits per heavy atom. The highest BCUT2D eigenvalue weighted by Crippen LogP contribution is 2.00. The second kappa shape index (κ2) is 6.99. The van der Waals surface area contributed by atoms with E-state index in [1.807, 2.05) is 0 Å². The van der Waals surface area contributed by atoms with Gasteiger partial charge in [0.2, 0.25) is 0 Å². The van der Waals surface area contributed by atoms with Crippen LogP contribution >= 0.6 is 0 Å². The molecule has 0 fully saturated rings. The zero-order valence-corrected chi connectivity index (χ0v) is 6.67. The van der Waals surface area contributed by atoms with E-state index in [9.17, 15) is 0 Å². The van der Waals surface area contributed by atoms with E-state index >= 15 is 0 Å². The molecule has 3 nitrogen and oxygen atoms in total. The van der Waals surface area contributed by atoms with Crippen molar-refractivity contribution in [2.75, 3.05) is 27.4 Å². The first-order valence-electron chi connectivity index (χ1n) is 3.47. The molecule has 0 aliphatic carbocycles. The van der Waals surface area contributed by atoms with Crippen molar-refractivity contribution in [2.24, 2.45) is 0 Å². The zero-order valence-electron chi connectivity index (χ0n) is 6.67. The van der Waals surface area contributed by atoms with Gasteiger partial charge in [0.25, 0.3) is 0 Å². The van der Waals surface area contributed by atoms with E-state index in [-0.39, 0.29) is 12.7 Å². The SMILES string of the molecule is COCC(CCCO)OC. The first-order chi connectivity index (χ1) is 4.85. The normalized spacial score (nSPS) is 13.5. The Morgan fingerprint density at radius 2 is 2.10 bits per heavy atom. The molecule has 0 amide bonds. The fourth-order valence-electron chi connectivity index (χ4n) is 0.774. The van der Waals surface area contributed by atoms with Crippen molar-refractivity contribution < 1.29 is 14.6 Å². The fourth-order valence-corrected chi connectivity index (χ4v) is 0.774. The Morgan fingerprint density at radius 3 is 2.50 bits per heavy atom. The largest absolute Gasteiger partial charge is 0.396 e. The number of rotatable bonds is 6. The molecular formula is C7H16O3. The summed E-state index contributed by atoms with van der Waals surface area (Å²) in [5.74, 6) is 0. The minimum atomic E-state index is 0.136. The van der Waals surface area contributed by atoms with Gasteiger partial charge in [0, 0.05) is 20.8 Å². The van der Waals surface area contributed by atoms with Crippen LogP contribution in [0.2, 0.25) is 0 Å². The Labute approximate surface area is 62.0 Å². The smallest absolute Gasteiger partial charge is 0.0805 e. The van der Waals surface area contributed by atoms with E-state index in [0.717, 1.165) is 12.8 Å². The predicted octanol–water partition coefficient (Wildman–Crippen LogP) is 0.420. The molecule has 0 aliphatic heterocycles. The Kier molecular flexibility index (Phi) is 6.91. The van der Waals surface area contributed by atoms with Gasteiger partial charge in [0.1, 0.15) is 0 Å². The minimum Gasteiger partial charge on any atom is -0.396 e. The lowest BCUT2D eigenvalue weighted by Gasteiger charge is -2.12. The lowest BCUT2D eigenvalue weighted by Crippen LogP contribution is -2.17. The molecule has 0 saturated carbocycles. The van der Waals surface area contributed by atoms with Gasteiger partial charge in [0.05, 0.1) is 12.7 Å². The maximum Gasteiger partial charge on any atom is 0.0805 e. The molecule has 0 rings (SSSR count). The second-order valence-corrected chi connectivity index (χ2v) is 2.18. The summed E-state index contributed by atoms with van der Waals surface area (Å²) in [6.07, 6.45) is 1.78. The molecule has 1 N–H and O–H groups in total. The van der Waals surface area contributed by atoms with E-state index < -0.39 is 0 Å². The third kappa shape index (κ3) is 4.73. The topological polar surface area (TPSA) is 38.7 Å². The lowest BCUT2D eigenvalue weighted by atomic mass is 10.2. The molecule has 0 heterocycles. The van der Waals surface area contributed by atoms with Gasteiger partial charge in [-0.2, -0.15) is 0 Å². The van der Waals surface area contributed by atoms with Gasteiger partial charge >= 0.3 is 0 Å². The number of methoxy groups -OCH3 is 2. The van der Waals surface area contributed by atoms with Crippen molar-refractivity contribution in [3.05, 3.63) is 0 Å². The predicted molar refractivity (Wildman–Crippen MR) is 39.0 cm³/mol. The molecular weight excluding hydrogens is 132 g/mol. The summed E-state index contributed by atoms with van der Waals surface area (Å²) in [4.78, 5) is 0. The van der Waals surface area contributed by atoms with E-state index in [2.05, 4.69) is 0 Å². The highest BCUT2D eigenvalue weighted by Gasteiger charge is 2.04. The number of hydrogen-bond donors (Lipinski definition) is 1. The van der Waals surface area contributed by atoms with Gasteiger partial charge in [-0.25, -0.2) is 0 Å². The molecule has 0 radical (unpaired) electrons. The number of hydrogen-bond acceptors (Lipinski definition) is 3. The maximum atomic E-state index is 8.48. The van der Waals surface area contributed by atoms with Crippen molar-refractivity contribution in [2.45, 2.75) is 18.9 Å². The first kappa shape index (κ1) is 9.88. The van der Waals surface area contributed by atoms with Gasteiger partial charge in [-0.1, -0.05) is 0 Å². The van der Waals surface area contributed by atoms with Crippen LogP contribution in [0.4, 0.5) is 0 Å². The summed E-state index contributed by atoms with van der Waals surface area (Å²) in [7, 11) is 3.30. The van der Waals surface area contributed by atoms with Crippen LogP contribution in [-0.4, -0.2) is 38.6 Å². The third-order valence-electron chi connectivity index (χ3n) is 1.37. The molecule has 0 aromatic carbocycles. The van der Waals surface area contributed by atoms with Crippen LogP contribution in [0.3, 0.4) is 0 Å². The van der Waals surface area contributed by atoms with Gasteiger partial charge in [-0.05, 0) is 12.8 Å². The fraction of sp³-hybridized carbons (Fsp3) is 1.00. The van der Waals surface area contributed by atoms with Crippen LogP contribution < -0.4 is 0 Å². The zero-order chi connectivity index (χ0) is 7.82. The van der Waals surface area contributed by atoms with Gasteiger partial charge in [0.15, 0.2) is 0 Å². The summed E-state index contributed by atoms with van der Waals surface area (Å²) in [5, 5.41) is 8.48. The quantitative estimate of drug-likeness (QED) is 0.593. The van der Waals surface area contributed by atoms with Crippen LogP contribution in [0.1, 0.15) is 12.8 Å². The Bertz CT molecular complexity index is 65.9. The average Bonchev–Trinajstić information content (AvgIpc) is 1.98. The van der Waals surface area contributed by atoms with Crippen molar-refractivity contribution >= 4 is 0 Å². The molecule has 3 heteroatoms. The molecule has 1 unspecified atom stereocenters. The summed E-state index contributed by atoms with van der Waals surface area (Å²) < 4.78 is 9.94. The van der Waals surface area contributed by atoms with E-state index in [1.54, 1.807) is 14.2 Å². The standard InChI is InChI=1S/C7H16O3/c1-9-6-7(10-2)4-3-5-8/h7-8H,3-6H2,1-2H3. The highest BCUT2D eigenvalue weighted by atomic mass is 16.5. The first-order valence-corrected chi connectivity index (χ1v) is 3.47. The molecule has 0 aromatic rings.